The molecule has 0 saturated carbocycles. The maximum atomic E-state index is 9.67. The zero-order chi connectivity index (χ0) is 19.2. The fraction of sp³-hybridized carbons (Fsp3) is 0.250. The van der Waals surface area contributed by atoms with Gasteiger partial charge in [-0.05, 0) is 30.2 Å². The summed E-state index contributed by atoms with van der Waals surface area (Å²) in [5.41, 5.74) is 2.33. The Balaban J connectivity index is 1.97. The molecule has 1 aromatic carbocycles. The molecule has 0 aliphatic rings. The molecule has 0 fully saturated rings. The van der Waals surface area contributed by atoms with Crippen LogP contribution in [0.1, 0.15) is 13.8 Å². The molecule has 3 rings (SSSR count). The first-order chi connectivity index (χ1) is 13.0. The summed E-state index contributed by atoms with van der Waals surface area (Å²) < 4.78 is 0. The topological polar surface area (TPSA) is 103 Å². The molecule has 7 heteroatoms. The van der Waals surface area contributed by atoms with E-state index in [1.165, 1.54) is 0 Å². The molecule has 0 unspecified atom stereocenters. The third-order valence-corrected chi connectivity index (χ3v) is 4.14. The van der Waals surface area contributed by atoms with Gasteiger partial charge in [0.05, 0.1) is 18.3 Å². The van der Waals surface area contributed by atoms with Gasteiger partial charge in [0.25, 0.3) is 0 Å². The van der Waals surface area contributed by atoms with Gasteiger partial charge in [-0.15, -0.1) is 0 Å². The molecule has 0 amide bonds. The van der Waals surface area contributed by atoms with E-state index >= 15 is 0 Å². The average molecular weight is 365 g/mol. The van der Waals surface area contributed by atoms with Gasteiger partial charge in [0.2, 0.25) is 5.95 Å². The number of anilines is 3. The van der Waals surface area contributed by atoms with Gasteiger partial charge in [0.15, 0.2) is 0 Å². The Kier molecular flexibility index (Phi) is 5.83. The third-order valence-electron chi connectivity index (χ3n) is 4.14. The molecule has 0 aliphatic heterocycles. The molecular formula is C20H23N5O2. The number of phenolic OH excluding ortho intramolecular Hbond substituents is 1. The molecule has 140 valence electrons. The van der Waals surface area contributed by atoms with Gasteiger partial charge < -0.3 is 20.8 Å². The molecule has 4 N–H and O–H groups in total. The van der Waals surface area contributed by atoms with Gasteiger partial charge in [0.1, 0.15) is 11.6 Å². The maximum absolute atomic E-state index is 9.67. The number of hydrogen-bond acceptors (Lipinski definition) is 7. The van der Waals surface area contributed by atoms with E-state index < -0.39 is 0 Å². The zero-order valence-corrected chi connectivity index (χ0v) is 15.3. The van der Waals surface area contributed by atoms with Gasteiger partial charge in [-0.2, -0.15) is 4.98 Å². The summed E-state index contributed by atoms with van der Waals surface area (Å²) in [6.45, 7) is 4.02. The van der Waals surface area contributed by atoms with Gasteiger partial charge >= 0.3 is 0 Å². The van der Waals surface area contributed by atoms with E-state index in [1.54, 1.807) is 30.6 Å². The number of nitrogens with zero attached hydrogens (tertiary/aromatic N) is 3. The lowest BCUT2D eigenvalue weighted by Crippen LogP contribution is -2.30. The van der Waals surface area contributed by atoms with Crippen molar-refractivity contribution in [1.82, 2.24) is 15.0 Å². The monoisotopic (exact) mass is 365 g/mol. The first-order valence-corrected chi connectivity index (χ1v) is 8.78. The van der Waals surface area contributed by atoms with Crippen LogP contribution in [0.2, 0.25) is 0 Å². The molecule has 2 heterocycles. The van der Waals surface area contributed by atoms with Crippen LogP contribution < -0.4 is 10.6 Å². The number of aromatic hydroxyl groups is 1. The van der Waals surface area contributed by atoms with Crippen LogP contribution in [0.5, 0.6) is 5.75 Å². The molecule has 2 aromatic heterocycles. The second-order valence-corrected chi connectivity index (χ2v) is 6.55. The number of pyridine rings is 1. The minimum atomic E-state index is -0.161. The van der Waals surface area contributed by atoms with Crippen molar-refractivity contribution in [3.63, 3.8) is 0 Å². The lowest BCUT2D eigenvalue weighted by Gasteiger charge is -2.20. The van der Waals surface area contributed by atoms with Gasteiger partial charge in [-0.1, -0.05) is 19.9 Å². The summed E-state index contributed by atoms with van der Waals surface area (Å²) >= 11 is 0. The van der Waals surface area contributed by atoms with E-state index in [-0.39, 0.29) is 24.3 Å². The number of nitrogens with one attached hydrogen (secondary N) is 2. The van der Waals surface area contributed by atoms with E-state index in [2.05, 4.69) is 25.6 Å². The SMILES string of the molecule is CC(C)[C@H](CO)Nc1nc(Nc2cccc(O)c2)cc(-c2ccncc2)n1. The van der Waals surface area contributed by atoms with Crippen molar-refractivity contribution >= 4 is 17.5 Å². The van der Waals surface area contributed by atoms with Crippen molar-refractivity contribution in [3.05, 3.63) is 54.9 Å². The molecule has 0 aliphatic carbocycles. The second kappa shape index (κ2) is 8.46. The van der Waals surface area contributed by atoms with Crippen LogP contribution in [0.3, 0.4) is 0 Å². The Morgan fingerprint density at radius 2 is 1.81 bits per heavy atom. The Hall–Kier alpha value is -3.19. The zero-order valence-electron chi connectivity index (χ0n) is 15.3. The largest absolute Gasteiger partial charge is 0.508 e. The first-order valence-electron chi connectivity index (χ1n) is 8.78. The highest BCUT2D eigenvalue weighted by Gasteiger charge is 2.15. The number of phenols is 1. The highest BCUT2D eigenvalue weighted by atomic mass is 16.3. The number of aromatic nitrogens is 3. The fourth-order valence-electron chi connectivity index (χ4n) is 2.57. The molecular weight excluding hydrogens is 342 g/mol. The Bertz CT molecular complexity index is 887. The van der Waals surface area contributed by atoms with Crippen LogP contribution in [0.4, 0.5) is 17.5 Å². The lowest BCUT2D eigenvalue weighted by atomic mass is 10.1. The Labute approximate surface area is 158 Å². The van der Waals surface area contributed by atoms with Crippen molar-refractivity contribution < 1.29 is 10.2 Å². The minimum Gasteiger partial charge on any atom is -0.508 e. The van der Waals surface area contributed by atoms with E-state index in [9.17, 15) is 10.2 Å². The van der Waals surface area contributed by atoms with Gasteiger partial charge in [-0.25, -0.2) is 4.98 Å². The molecule has 0 radical (unpaired) electrons. The molecule has 27 heavy (non-hydrogen) atoms. The number of rotatable bonds is 7. The van der Waals surface area contributed by atoms with Gasteiger partial charge in [-0.3, -0.25) is 4.98 Å². The number of aliphatic hydroxyl groups excluding tert-OH is 1. The summed E-state index contributed by atoms with van der Waals surface area (Å²) in [7, 11) is 0. The first kappa shape index (κ1) is 18.6. The smallest absolute Gasteiger partial charge is 0.225 e. The number of hydrogen-bond donors (Lipinski definition) is 4. The molecule has 0 spiro atoms. The highest BCUT2D eigenvalue weighted by molar-refractivity contribution is 5.67. The van der Waals surface area contributed by atoms with Crippen LogP contribution in [0, 0.1) is 5.92 Å². The fourth-order valence-corrected chi connectivity index (χ4v) is 2.57. The predicted molar refractivity (Wildman–Crippen MR) is 106 cm³/mol. The normalized spacial score (nSPS) is 12.0. The summed E-state index contributed by atoms with van der Waals surface area (Å²) in [5.74, 6) is 1.37. The standard InChI is InChI=1S/C20H23N5O2/c1-13(2)18(12-26)24-20-23-17(14-6-8-21-9-7-14)11-19(25-20)22-15-4-3-5-16(27)10-15/h3-11,13,18,26-27H,12H2,1-2H3,(H2,22,23,24,25)/t18-/m0/s1. The van der Waals surface area contributed by atoms with Crippen LogP contribution in [-0.2, 0) is 0 Å². The van der Waals surface area contributed by atoms with E-state index in [0.717, 1.165) is 11.3 Å². The maximum Gasteiger partial charge on any atom is 0.225 e. The average Bonchev–Trinajstić information content (AvgIpc) is 2.66. The molecule has 0 bridgehead atoms. The van der Waals surface area contributed by atoms with Crippen molar-refractivity contribution in [1.29, 1.82) is 0 Å². The van der Waals surface area contributed by atoms with Crippen LogP contribution >= 0.6 is 0 Å². The van der Waals surface area contributed by atoms with Gasteiger partial charge in [0, 0.05) is 35.8 Å². The van der Waals surface area contributed by atoms with Crippen molar-refractivity contribution in [2.75, 3.05) is 17.2 Å². The van der Waals surface area contributed by atoms with E-state index in [0.29, 0.717) is 17.5 Å². The molecule has 7 nitrogen and oxygen atoms in total. The summed E-state index contributed by atoms with van der Waals surface area (Å²) in [4.78, 5) is 13.1. The van der Waals surface area contributed by atoms with Crippen molar-refractivity contribution in [2.24, 2.45) is 5.92 Å². The quantitative estimate of drug-likeness (QED) is 0.509. The number of aliphatic hydroxyl groups is 1. The molecule has 3 aromatic rings. The Morgan fingerprint density at radius 1 is 1.04 bits per heavy atom. The third kappa shape index (κ3) is 4.92. The molecule has 0 saturated heterocycles. The number of benzene rings is 1. The van der Waals surface area contributed by atoms with Crippen LogP contribution in [0.25, 0.3) is 11.3 Å². The predicted octanol–water partition coefficient (Wildman–Crippen LogP) is 3.42. The van der Waals surface area contributed by atoms with Crippen LogP contribution in [-0.4, -0.2) is 37.8 Å². The summed E-state index contributed by atoms with van der Waals surface area (Å²) in [6.07, 6.45) is 3.41. The van der Waals surface area contributed by atoms with Crippen molar-refractivity contribution in [3.8, 4) is 17.0 Å². The van der Waals surface area contributed by atoms with E-state index in [4.69, 9.17) is 0 Å². The summed E-state index contributed by atoms with van der Waals surface area (Å²) in [6, 6.07) is 12.2. The van der Waals surface area contributed by atoms with Crippen molar-refractivity contribution in [2.45, 2.75) is 19.9 Å². The van der Waals surface area contributed by atoms with E-state index in [1.807, 2.05) is 38.1 Å². The lowest BCUT2D eigenvalue weighted by molar-refractivity contribution is 0.248. The Morgan fingerprint density at radius 3 is 2.48 bits per heavy atom. The summed E-state index contributed by atoms with van der Waals surface area (Å²) in [5, 5.41) is 25.7. The van der Waals surface area contributed by atoms with Crippen LogP contribution in [0.15, 0.2) is 54.9 Å². The minimum absolute atomic E-state index is 0.0180. The second-order valence-electron chi connectivity index (χ2n) is 6.55. The molecule has 1 atom stereocenters. The highest BCUT2D eigenvalue weighted by Crippen LogP contribution is 2.25.